The van der Waals surface area contributed by atoms with Gasteiger partial charge in [-0.3, -0.25) is 4.79 Å². The minimum absolute atomic E-state index is 0.0657. The molecular formula is C17H23N3O4. The maximum Gasteiger partial charge on any atom is 0.317 e. The standard InChI is InChI=1S/C17H23N3O4/c1-3-19(4-2)17(22)18-9-12-7-16(21)20(10-12)13-5-6-14-15(8-13)24-11-23-14/h5-6,8,12H,3-4,7,9-11H2,1-2H3,(H,18,22). The molecular weight excluding hydrogens is 310 g/mol. The van der Waals surface area contributed by atoms with Gasteiger partial charge in [0.2, 0.25) is 12.7 Å². The first-order valence-corrected chi connectivity index (χ1v) is 8.35. The zero-order valence-electron chi connectivity index (χ0n) is 14.1. The van der Waals surface area contributed by atoms with E-state index in [1.54, 1.807) is 9.80 Å². The molecule has 2 aliphatic rings. The van der Waals surface area contributed by atoms with Gasteiger partial charge in [-0.15, -0.1) is 0 Å². The van der Waals surface area contributed by atoms with Crippen molar-refractivity contribution in [2.45, 2.75) is 20.3 Å². The second-order valence-electron chi connectivity index (χ2n) is 5.97. The number of amides is 3. The van der Waals surface area contributed by atoms with Crippen molar-refractivity contribution in [2.24, 2.45) is 5.92 Å². The number of ether oxygens (including phenoxy) is 2. The molecule has 1 aromatic rings. The van der Waals surface area contributed by atoms with E-state index in [4.69, 9.17) is 9.47 Å². The Morgan fingerprint density at radius 3 is 2.79 bits per heavy atom. The molecule has 3 rings (SSSR count). The number of benzene rings is 1. The summed E-state index contributed by atoms with van der Waals surface area (Å²) in [6, 6.07) is 5.44. The highest BCUT2D eigenvalue weighted by molar-refractivity contribution is 5.96. The van der Waals surface area contributed by atoms with E-state index in [9.17, 15) is 9.59 Å². The number of carbonyl (C=O) groups excluding carboxylic acids is 2. The Morgan fingerprint density at radius 1 is 1.29 bits per heavy atom. The van der Waals surface area contributed by atoms with Gasteiger partial charge in [-0.1, -0.05) is 0 Å². The largest absolute Gasteiger partial charge is 0.454 e. The van der Waals surface area contributed by atoms with E-state index < -0.39 is 0 Å². The first-order chi connectivity index (χ1) is 11.6. The zero-order chi connectivity index (χ0) is 17.1. The van der Waals surface area contributed by atoms with E-state index in [0.717, 1.165) is 5.69 Å². The normalized spacial score (nSPS) is 18.8. The molecule has 130 valence electrons. The van der Waals surface area contributed by atoms with Crippen LogP contribution in [0.2, 0.25) is 0 Å². The number of urea groups is 1. The van der Waals surface area contributed by atoms with E-state index >= 15 is 0 Å². The van der Waals surface area contributed by atoms with Gasteiger partial charge >= 0.3 is 6.03 Å². The van der Waals surface area contributed by atoms with Crippen LogP contribution in [-0.4, -0.2) is 49.8 Å². The van der Waals surface area contributed by atoms with Gasteiger partial charge in [-0.05, 0) is 26.0 Å². The zero-order valence-corrected chi connectivity index (χ0v) is 14.1. The lowest BCUT2D eigenvalue weighted by atomic mass is 10.1. The molecule has 3 amide bonds. The summed E-state index contributed by atoms with van der Waals surface area (Å²) in [5.41, 5.74) is 0.807. The van der Waals surface area contributed by atoms with Gasteiger partial charge in [-0.25, -0.2) is 4.79 Å². The number of fused-ring (bicyclic) bond motifs is 1. The summed E-state index contributed by atoms with van der Waals surface area (Å²) in [4.78, 5) is 27.8. The average molecular weight is 333 g/mol. The van der Waals surface area contributed by atoms with E-state index in [0.29, 0.717) is 44.1 Å². The highest BCUT2D eigenvalue weighted by atomic mass is 16.7. The number of hydrogen-bond acceptors (Lipinski definition) is 4. The van der Waals surface area contributed by atoms with E-state index in [1.165, 1.54) is 0 Å². The van der Waals surface area contributed by atoms with Crippen molar-refractivity contribution < 1.29 is 19.1 Å². The Morgan fingerprint density at radius 2 is 2.04 bits per heavy atom. The molecule has 1 atom stereocenters. The molecule has 24 heavy (non-hydrogen) atoms. The molecule has 1 N–H and O–H groups in total. The molecule has 7 nitrogen and oxygen atoms in total. The second-order valence-corrected chi connectivity index (χ2v) is 5.97. The van der Waals surface area contributed by atoms with Crippen LogP contribution in [0.3, 0.4) is 0 Å². The topological polar surface area (TPSA) is 71.1 Å². The van der Waals surface area contributed by atoms with Crippen LogP contribution in [0.15, 0.2) is 18.2 Å². The second kappa shape index (κ2) is 6.98. The number of hydrogen-bond donors (Lipinski definition) is 1. The van der Waals surface area contributed by atoms with Crippen LogP contribution in [-0.2, 0) is 4.79 Å². The molecule has 2 heterocycles. The molecule has 0 aliphatic carbocycles. The van der Waals surface area contributed by atoms with Crippen LogP contribution in [0, 0.1) is 5.92 Å². The fourth-order valence-electron chi connectivity index (χ4n) is 3.08. The summed E-state index contributed by atoms with van der Waals surface area (Å²) in [5.74, 6) is 1.55. The molecule has 2 aliphatic heterocycles. The lowest BCUT2D eigenvalue weighted by Crippen LogP contribution is -2.42. The van der Waals surface area contributed by atoms with Gasteiger partial charge < -0.3 is 24.6 Å². The maximum atomic E-state index is 12.3. The Labute approximate surface area is 141 Å². The average Bonchev–Trinajstić information content (AvgIpc) is 3.19. The molecule has 1 unspecified atom stereocenters. The maximum absolute atomic E-state index is 12.3. The first kappa shape index (κ1) is 16.4. The van der Waals surface area contributed by atoms with Crippen LogP contribution < -0.4 is 19.7 Å². The first-order valence-electron chi connectivity index (χ1n) is 8.35. The summed E-state index contributed by atoms with van der Waals surface area (Å²) in [5, 5.41) is 2.92. The summed E-state index contributed by atoms with van der Waals surface area (Å²) in [6.07, 6.45) is 0.437. The minimum atomic E-state index is -0.0750. The van der Waals surface area contributed by atoms with Crippen LogP contribution in [0.25, 0.3) is 0 Å². The van der Waals surface area contributed by atoms with Gasteiger partial charge in [0, 0.05) is 50.3 Å². The Bertz CT molecular complexity index is 630. The highest BCUT2D eigenvalue weighted by Crippen LogP contribution is 2.37. The fraction of sp³-hybridized carbons (Fsp3) is 0.529. The third-order valence-electron chi connectivity index (χ3n) is 4.47. The van der Waals surface area contributed by atoms with Crippen molar-refractivity contribution in [1.82, 2.24) is 10.2 Å². The summed E-state index contributed by atoms with van der Waals surface area (Å²) >= 11 is 0. The lowest BCUT2D eigenvalue weighted by molar-refractivity contribution is -0.117. The van der Waals surface area contributed by atoms with Gasteiger partial charge in [0.15, 0.2) is 11.5 Å². The molecule has 1 aromatic carbocycles. The van der Waals surface area contributed by atoms with Crippen LogP contribution in [0.4, 0.5) is 10.5 Å². The smallest absolute Gasteiger partial charge is 0.317 e. The van der Waals surface area contributed by atoms with E-state index in [1.807, 2.05) is 32.0 Å². The quantitative estimate of drug-likeness (QED) is 0.892. The summed E-state index contributed by atoms with van der Waals surface area (Å²) in [7, 11) is 0. The van der Waals surface area contributed by atoms with Gasteiger partial charge in [-0.2, -0.15) is 0 Å². The lowest BCUT2D eigenvalue weighted by Gasteiger charge is -2.21. The number of nitrogens with one attached hydrogen (secondary N) is 1. The van der Waals surface area contributed by atoms with Crippen LogP contribution >= 0.6 is 0 Å². The van der Waals surface area contributed by atoms with E-state index in [2.05, 4.69) is 5.32 Å². The number of carbonyl (C=O) groups is 2. The molecule has 0 saturated carbocycles. The molecule has 0 aromatic heterocycles. The van der Waals surface area contributed by atoms with Crippen molar-refractivity contribution >= 4 is 17.6 Å². The van der Waals surface area contributed by atoms with Crippen molar-refractivity contribution in [3.05, 3.63) is 18.2 Å². The van der Waals surface area contributed by atoms with Crippen molar-refractivity contribution in [3.63, 3.8) is 0 Å². The molecule has 0 radical (unpaired) electrons. The molecule has 0 spiro atoms. The number of rotatable bonds is 5. The summed E-state index contributed by atoms with van der Waals surface area (Å²) < 4.78 is 10.7. The highest BCUT2D eigenvalue weighted by Gasteiger charge is 2.31. The van der Waals surface area contributed by atoms with Crippen LogP contribution in [0.5, 0.6) is 11.5 Å². The Kier molecular flexibility index (Phi) is 4.78. The number of nitrogens with zero attached hydrogens (tertiary/aromatic N) is 2. The summed E-state index contributed by atoms with van der Waals surface area (Å²) in [6.45, 7) is 6.56. The molecule has 7 heteroatoms. The van der Waals surface area contributed by atoms with Crippen molar-refractivity contribution in [1.29, 1.82) is 0 Å². The van der Waals surface area contributed by atoms with Crippen LogP contribution in [0.1, 0.15) is 20.3 Å². The van der Waals surface area contributed by atoms with Crippen molar-refractivity contribution in [2.75, 3.05) is 37.9 Å². The molecule has 0 bridgehead atoms. The monoisotopic (exact) mass is 333 g/mol. The van der Waals surface area contributed by atoms with E-state index in [-0.39, 0.29) is 24.6 Å². The third-order valence-corrected chi connectivity index (χ3v) is 4.47. The predicted molar refractivity (Wildman–Crippen MR) is 89.3 cm³/mol. The number of anilines is 1. The Hall–Kier alpha value is -2.44. The van der Waals surface area contributed by atoms with Crippen molar-refractivity contribution in [3.8, 4) is 11.5 Å². The predicted octanol–water partition coefficient (Wildman–Crippen LogP) is 1.82. The fourth-order valence-corrected chi connectivity index (χ4v) is 3.08. The van der Waals surface area contributed by atoms with Gasteiger partial charge in [0.25, 0.3) is 0 Å². The minimum Gasteiger partial charge on any atom is -0.454 e. The van der Waals surface area contributed by atoms with Gasteiger partial charge in [0.1, 0.15) is 0 Å². The van der Waals surface area contributed by atoms with Gasteiger partial charge in [0.05, 0.1) is 0 Å². The molecule has 1 fully saturated rings. The SMILES string of the molecule is CCN(CC)C(=O)NCC1CC(=O)N(c2ccc3c(c2)OCO3)C1. The third kappa shape index (κ3) is 3.25. The molecule has 1 saturated heterocycles. The Balaban J connectivity index is 1.59.